The molecule has 5 nitrogen and oxygen atoms in total. The van der Waals surface area contributed by atoms with Crippen molar-refractivity contribution in [2.75, 3.05) is 12.4 Å². The predicted octanol–water partition coefficient (Wildman–Crippen LogP) is 3.76. The zero-order chi connectivity index (χ0) is 17.2. The molecule has 0 radical (unpaired) electrons. The highest BCUT2D eigenvalue weighted by molar-refractivity contribution is 7.14. The predicted molar refractivity (Wildman–Crippen MR) is 95.5 cm³/mol. The quantitative estimate of drug-likeness (QED) is 0.865. The highest BCUT2D eigenvalue weighted by Crippen LogP contribution is 2.34. The van der Waals surface area contributed by atoms with Crippen molar-refractivity contribution in [3.05, 3.63) is 29.1 Å². The van der Waals surface area contributed by atoms with Gasteiger partial charge < -0.3 is 15.2 Å². The zero-order valence-corrected chi connectivity index (χ0v) is 14.8. The Balaban J connectivity index is 1.72. The summed E-state index contributed by atoms with van der Waals surface area (Å²) in [5.41, 5.74) is 1.95. The second kappa shape index (κ2) is 6.91. The lowest BCUT2D eigenvalue weighted by molar-refractivity contribution is -0.120. The summed E-state index contributed by atoms with van der Waals surface area (Å²) in [6.07, 6.45) is 3.50. The monoisotopic (exact) mass is 346 g/mol. The maximum Gasteiger partial charge on any atom is 0.229 e. The minimum Gasteiger partial charge on any atom is -0.496 e. The third kappa shape index (κ3) is 3.76. The molecule has 1 aromatic carbocycles. The first-order valence-electron chi connectivity index (χ1n) is 8.12. The molecule has 2 aromatic rings. The van der Waals surface area contributed by atoms with Gasteiger partial charge in [-0.2, -0.15) is 0 Å². The maximum absolute atomic E-state index is 12.2. The van der Waals surface area contributed by atoms with E-state index in [1.54, 1.807) is 7.11 Å². The van der Waals surface area contributed by atoms with Gasteiger partial charge >= 0.3 is 0 Å². The van der Waals surface area contributed by atoms with E-state index in [-0.39, 0.29) is 12.3 Å². The second-order valence-corrected chi connectivity index (χ2v) is 7.26. The van der Waals surface area contributed by atoms with Crippen LogP contribution in [-0.2, 0) is 4.79 Å². The van der Waals surface area contributed by atoms with Gasteiger partial charge in [0.15, 0.2) is 5.13 Å². The minimum absolute atomic E-state index is 0.135. The van der Waals surface area contributed by atoms with Crippen LogP contribution < -0.4 is 10.1 Å². The molecule has 0 atom stereocenters. The molecule has 0 spiro atoms. The van der Waals surface area contributed by atoms with Crippen LogP contribution in [0.2, 0.25) is 0 Å². The number of amides is 1. The average molecular weight is 346 g/mol. The van der Waals surface area contributed by atoms with E-state index in [9.17, 15) is 9.90 Å². The number of aliphatic hydroxyl groups is 1. The Kier molecular flexibility index (Phi) is 4.87. The Morgan fingerprint density at radius 2 is 2.17 bits per heavy atom. The summed E-state index contributed by atoms with van der Waals surface area (Å²) in [5.74, 6) is 0.570. The van der Waals surface area contributed by atoms with Crippen LogP contribution in [0.5, 0.6) is 5.75 Å². The fraction of sp³-hybridized carbons (Fsp3) is 0.444. The molecule has 0 bridgehead atoms. The van der Waals surface area contributed by atoms with Crippen LogP contribution in [0.4, 0.5) is 5.13 Å². The number of rotatable bonds is 5. The molecule has 1 fully saturated rings. The van der Waals surface area contributed by atoms with Gasteiger partial charge in [0.05, 0.1) is 24.8 Å². The van der Waals surface area contributed by atoms with Gasteiger partial charge in [-0.05, 0) is 31.9 Å². The Bertz CT molecular complexity index is 736. The fourth-order valence-electron chi connectivity index (χ4n) is 3.15. The van der Waals surface area contributed by atoms with E-state index < -0.39 is 5.60 Å². The summed E-state index contributed by atoms with van der Waals surface area (Å²) in [6, 6.07) is 5.91. The van der Waals surface area contributed by atoms with Crippen molar-refractivity contribution < 1.29 is 14.6 Å². The summed E-state index contributed by atoms with van der Waals surface area (Å²) in [7, 11) is 1.63. The lowest BCUT2D eigenvalue weighted by atomic mass is 9.98. The van der Waals surface area contributed by atoms with E-state index in [0.717, 1.165) is 35.4 Å². The molecule has 0 unspecified atom stereocenters. The number of nitrogens with one attached hydrogen (secondary N) is 1. The van der Waals surface area contributed by atoms with Crippen molar-refractivity contribution in [1.82, 2.24) is 4.98 Å². The third-order valence-corrected chi connectivity index (χ3v) is 5.16. The molecule has 1 aliphatic carbocycles. The van der Waals surface area contributed by atoms with Crippen LogP contribution in [0.25, 0.3) is 11.3 Å². The molecule has 1 aromatic heterocycles. The zero-order valence-electron chi connectivity index (χ0n) is 14.0. The van der Waals surface area contributed by atoms with E-state index in [4.69, 9.17) is 4.74 Å². The number of aryl methyl sites for hydroxylation is 1. The Morgan fingerprint density at radius 3 is 2.88 bits per heavy atom. The number of aromatic nitrogens is 1. The number of hydrogen-bond acceptors (Lipinski definition) is 5. The molecule has 0 saturated heterocycles. The van der Waals surface area contributed by atoms with Gasteiger partial charge in [0.2, 0.25) is 5.91 Å². The number of thiazole rings is 1. The molecule has 0 aliphatic heterocycles. The van der Waals surface area contributed by atoms with Crippen LogP contribution in [0, 0.1) is 6.92 Å². The number of nitrogens with zero attached hydrogens (tertiary/aromatic N) is 1. The topological polar surface area (TPSA) is 71.5 Å². The molecular formula is C18H22N2O3S. The van der Waals surface area contributed by atoms with Crippen LogP contribution in [0.1, 0.15) is 37.7 Å². The van der Waals surface area contributed by atoms with Crippen molar-refractivity contribution >= 4 is 22.4 Å². The SMILES string of the molecule is COc1ccc(C)cc1-c1csc(NC(=O)CC2(O)CCCC2)n1. The lowest BCUT2D eigenvalue weighted by Gasteiger charge is -2.20. The number of ether oxygens (including phenoxy) is 1. The normalized spacial score (nSPS) is 16.1. The summed E-state index contributed by atoms with van der Waals surface area (Å²) in [6.45, 7) is 2.01. The minimum atomic E-state index is -0.843. The van der Waals surface area contributed by atoms with E-state index in [1.807, 2.05) is 30.5 Å². The van der Waals surface area contributed by atoms with Crippen LogP contribution in [0.3, 0.4) is 0 Å². The van der Waals surface area contributed by atoms with Crippen LogP contribution in [-0.4, -0.2) is 28.7 Å². The van der Waals surface area contributed by atoms with Gasteiger partial charge in [0.25, 0.3) is 0 Å². The van der Waals surface area contributed by atoms with Crippen molar-refractivity contribution in [1.29, 1.82) is 0 Å². The van der Waals surface area contributed by atoms with Crippen molar-refractivity contribution in [2.24, 2.45) is 0 Å². The standard InChI is InChI=1S/C18H22N2O3S/c1-12-5-6-15(23-2)13(9-12)14-11-24-17(19-14)20-16(21)10-18(22)7-3-4-8-18/h5-6,9,11,22H,3-4,7-8,10H2,1-2H3,(H,19,20,21). The number of benzene rings is 1. The second-order valence-electron chi connectivity index (χ2n) is 6.40. The molecule has 24 heavy (non-hydrogen) atoms. The lowest BCUT2D eigenvalue weighted by Crippen LogP contribution is -2.30. The first-order valence-corrected chi connectivity index (χ1v) is 9.00. The van der Waals surface area contributed by atoms with Gasteiger partial charge in [0.1, 0.15) is 5.75 Å². The van der Waals surface area contributed by atoms with Crippen molar-refractivity contribution in [3.8, 4) is 17.0 Å². The Hall–Kier alpha value is -1.92. The molecule has 2 N–H and O–H groups in total. The highest BCUT2D eigenvalue weighted by atomic mass is 32.1. The number of carbonyl (C=O) groups excluding carboxylic acids is 1. The van der Waals surface area contributed by atoms with Gasteiger partial charge in [-0.1, -0.05) is 24.5 Å². The number of methoxy groups -OCH3 is 1. The third-order valence-electron chi connectivity index (χ3n) is 4.41. The molecular weight excluding hydrogens is 324 g/mol. The van der Waals surface area contributed by atoms with E-state index >= 15 is 0 Å². The van der Waals surface area contributed by atoms with E-state index in [1.165, 1.54) is 11.3 Å². The van der Waals surface area contributed by atoms with E-state index in [2.05, 4.69) is 10.3 Å². The Labute approximate surface area is 145 Å². The van der Waals surface area contributed by atoms with Crippen LogP contribution in [0.15, 0.2) is 23.6 Å². The Morgan fingerprint density at radius 1 is 1.42 bits per heavy atom. The smallest absolute Gasteiger partial charge is 0.229 e. The van der Waals surface area contributed by atoms with Crippen molar-refractivity contribution in [2.45, 2.75) is 44.6 Å². The van der Waals surface area contributed by atoms with Gasteiger partial charge in [-0.25, -0.2) is 4.98 Å². The summed E-state index contributed by atoms with van der Waals surface area (Å²) < 4.78 is 5.39. The number of anilines is 1. The summed E-state index contributed by atoms with van der Waals surface area (Å²) in [5, 5.41) is 15.6. The van der Waals surface area contributed by atoms with E-state index in [0.29, 0.717) is 18.0 Å². The van der Waals surface area contributed by atoms with Gasteiger partial charge in [-0.15, -0.1) is 11.3 Å². The van der Waals surface area contributed by atoms with Gasteiger partial charge in [0, 0.05) is 10.9 Å². The largest absolute Gasteiger partial charge is 0.496 e. The average Bonchev–Trinajstić information content (AvgIpc) is 3.16. The maximum atomic E-state index is 12.2. The number of carbonyl (C=O) groups is 1. The first-order chi connectivity index (χ1) is 11.5. The summed E-state index contributed by atoms with van der Waals surface area (Å²) >= 11 is 1.37. The first kappa shape index (κ1) is 16.9. The highest BCUT2D eigenvalue weighted by Gasteiger charge is 2.33. The van der Waals surface area contributed by atoms with Crippen molar-refractivity contribution in [3.63, 3.8) is 0 Å². The number of hydrogen-bond donors (Lipinski definition) is 2. The molecule has 1 saturated carbocycles. The molecule has 1 amide bonds. The van der Waals surface area contributed by atoms with Crippen LogP contribution >= 0.6 is 11.3 Å². The molecule has 3 rings (SSSR count). The molecule has 128 valence electrons. The summed E-state index contributed by atoms with van der Waals surface area (Å²) in [4.78, 5) is 16.7. The van der Waals surface area contributed by atoms with Gasteiger partial charge in [-0.3, -0.25) is 4.79 Å². The fourth-order valence-corrected chi connectivity index (χ4v) is 3.88. The molecule has 1 heterocycles. The molecule has 6 heteroatoms. The molecule has 1 aliphatic rings.